The van der Waals surface area contributed by atoms with Gasteiger partial charge in [-0.1, -0.05) is 6.92 Å². The third kappa shape index (κ3) is 5.17. The van der Waals surface area contributed by atoms with Gasteiger partial charge in [0.2, 0.25) is 0 Å². The van der Waals surface area contributed by atoms with Crippen LogP contribution in [0.4, 0.5) is 0 Å². The summed E-state index contributed by atoms with van der Waals surface area (Å²) in [5.41, 5.74) is -0.211. The molecule has 2 nitrogen and oxygen atoms in total. The smallest absolute Gasteiger partial charge is 0.137 e. The van der Waals surface area contributed by atoms with E-state index in [4.69, 9.17) is 0 Å². The minimum Gasteiger partial charge on any atom is -0.300 e. The summed E-state index contributed by atoms with van der Waals surface area (Å²) in [4.78, 5) is 21.4. The van der Waals surface area contributed by atoms with Gasteiger partial charge in [0.05, 0.1) is 0 Å². The van der Waals surface area contributed by atoms with Crippen LogP contribution in [0.3, 0.4) is 0 Å². The predicted molar refractivity (Wildman–Crippen MR) is 44.0 cm³/mol. The first kappa shape index (κ1) is 14.4. The molecule has 0 aliphatic rings. The van der Waals surface area contributed by atoms with Crippen molar-refractivity contribution in [3.8, 4) is 0 Å². The maximum Gasteiger partial charge on any atom is 0.137 e. The minimum atomic E-state index is -0.211. The zero-order valence-corrected chi connectivity index (χ0v) is 11.1. The maximum atomic E-state index is 10.7. The van der Waals surface area contributed by atoms with Gasteiger partial charge in [-0.05, 0) is 13.8 Å². The number of hydrogen-bond acceptors (Lipinski definition) is 2. The summed E-state index contributed by atoms with van der Waals surface area (Å²) < 4.78 is 0. The summed E-state index contributed by atoms with van der Waals surface area (Å²) in [6.45, 7) is 4.77. The van der Waals surface area contributed by atoms with Crippen LogP contribution in [-0.2, 0) is 42.3 Å². The third-order valence-corrected chi connectivity index (χ3v) is 2.70. The van der Waals surface area contributed by atoms with E-state index in [9.17, 15) is 9.59 Å². The zero-order chi connectivity index (χ0) is 8.31. The summed E-state index contributed by atoms with van der Waals surface area (Å²) in [5.74, 6) is -0.0506. The first-order valence-corrected chi connectivity index (χ1v) is 3.90. The van der Waals surface area contributed by atoms with Crippen molar-refractivity contribution in [3.63, 3.8) is 0 Å². The third-order valence-electron chi connectivity index (χ3n) is 1.65. The molecule has 0 fully saturated rings. The Morgan fingerprint density at radius 2 is 1.55 bits per heavy atom. The molecule has 0 amide bonds. The first-order chi connectivity index (χ1) is 4.46. The number of rotatable bonds is 3. The quantitative estimate of drug-likeness (QED) is 0.700. The largest absolute Gasteiger partial charge is 0.300 e. The molecule has 0 aliphatic carbocycles. The van der Waals surface area contributed by atoms with E-state index in [0.717, 1.165) is 0 Å². The molecule has 0 heterocycles. The number of Topliss-reactive ketones (excluding diaryl/α,β-unsaturated/α-hetero) is 2. The van der Waals surface area contributed by atoms with Crippen LogP contribution in [0.2, 0.25) is 0 Å². The van der Waals surface area contributed by atoms with Crippen molar-refractivity contribution in [3.05, 3.63) is 0 Å². The molecule has 0 aromatic heterocycles. The average molecular weight is 249 g/mol. The molecule has 0 aliphatic heterocycles. The molecule has 0 spiro atoms. The maximum absolute atomic E-state index is 10.7. The van der Waals surface area contributed by atoms with Crippen LogP contribution in [0.1, 0.15) is 20.8 Å². The van der Waals surface area contributed by atoms with Crippen LogP contribution in [0.15, 0.2) is 0 Å². The Morgan fingerprint density at radius 3 is 1.64 bits per heavy atom. The Balaban J connectivity index is 0. The molecule has 4 heteroatoms. The summed E-state index contributed by atoms with van der Waals surface area (Å²) >= 11 is 0. The van der Waals surface area contributed by atoms with Gasteiger partial charge in [0.15, 0.2) is 0 Å². The standard InChI is InChI=1S/C7H13O2P.Y/c1-4(5(2)8)7(10)6(3)9;/h4,7H,10H2,1-3H3;. The second-order valence-corrected chi connectivity index (χ2v) is 3.25. The van der Waals surface area contributed by atoms with Crippen LogP contribution in [-0.4, -0.2) is 17.2 Å². The van der Waals surface area contributed by atoms with Crippen LogP contribution >= 0.6 is 9.24 Å². The molecule has 0 aromatic rings. The van der Waals surface area contributed by atoms with E-state index in [2.05, 4.69) is 9.24 Å². The molecular weight excluding hydrogens is 236 g/mol. The number of ketones is 2. The van der Waals surface area contributed by atoms with Crippen molar-refractivity contribution in [2.24, 2.45) is 5.92 Å². The van der Waals surface area contributed by atoms with Crippen LogP contribution < -0.4 is 0 Å². The van der Waals surface area contributed by atoms with E-state index in [0.29, 0.717) is 0 Å². The summed E-state index contributed by atoms with van der Waals surface area (Å²) in [6, 6.07) is 0. The molecule has 11 heavy (non-hydrogen) atoms. The van der Waals surface area contributed by atoms with Crippen molar-refractivity contribution < 1.29 is 42.3 Å². The number of hydrogen-bond donors (Lipinski definition) is 0. The average Bonchev–Trinajstić information content (AvgIpc) is 1.84. The summed E-state index contributed by atoms with van der Waals surface area (Å²) in [7, 11) is 2.39. The molecule has 3 atom stereocenters. The summed E-state index contributed by atoms with van der Waals surface area (Å²) in [5, 5.41) is 0. The van der Waals surface area contributed by atoms with Gasteiger partial charge in [-0.25, -0.2) is 0 Å². The molecule has 61 valence electrons. The molecule has 0 rings (SSSR count). The van der Waals surface area contributed by atoms with Crippen LogP contribution in [0, 0.1) is 5.92 Å². The van der Waals surface area contributed by atoms with E-state index in [1.165, 1.54) is 13.8 Å². The van der Waals surface area contributed by atoms with Crippen molar-refractivity contribution in [2.75, 3.05) is 0 Å². The Labute approximate surface area is 95.0 Å². The first-order valence-electron chi connectivity index (χ1n) is 3.23. The molecule has 0 aromatic carbocycles. The van der Waals surface area contributed by atoms with Crippen LogP contribution in [0.5, 0.6) is 0 Å². The van der Waals surface area contributed by atoms with Crippen molar-refractivity contribution >= 4 is 20.8 Å². The monoisotopic (exact) mass is 249 g/mol. The molecule has 0 N–H and O–H groups in total. The number of carbonyl (C=O) groups is 2. The van der Waals surface area contributed by atoms with Crippen LogP contribution in [0.25, 0.3) is 0 Å². The van der Waals surface area contributed by atoms with Gasteiger partial charge in [0.25, 0.3) is 0 Å². The van der Waals surface area contributed by atoms with Gasteiger partial charge < -0.3 is 0 Å². The van der Waals surface area contributed by atoms with Gasteiger partial charge in [-0.3, -0.25) is 9.59 Å². The fourth-order valence-electron chi connectivity index (χ4n) is 0.605. The molecule has 0 saturated carbocycles. The van der Waals surface area contributed by atoms with Crippen molar-refractivity contribution in [2.45, 2.75) is 26.4 Å². The second kappa shape index (κ2) is 6.40. The Hall–Kier alpha value is 0.874. The second-order valence-electron chi connectivity index (χ2n) is 2.54. The fraction of sp³-hybridized carbons (Fsp3) is 0.714. The number of carbonyl (C=O) groups excluding carboxylic acids is 2. The molecule has 3 unspecified atom stereocenters. The minimum absolute atomic E-state index is 0. The van der Waals surface area contributed by atoms with E-state index >= 15 is 0 Å². The Kier molecular flexibility index (Phi) is 8.37. The van der Waals surface area contributed by atoms with Gasteiger partial charge in [0, 0.05) is 44.3 Å². The van der Waals surface area contributed by atoms with E-state index in [1.807, 2.05) is 0 Å². The Morgan fingerprint density at radius 1 is 1.18 bits per heavy atom. The molecule has 0 saturated heterocycles. The predicted octanol–water partition coefficient (Wildman–Crippen LogP) is 1.04. The van der Waals surface area contributed by atoms with Gasteiger partial charge in [0.1, 0.15) is 11.6 Å². The van der Waals surface area contributed by atoms with E-state index in [1.54, 1.807) is 6.92 Å². The zero-order valence-electron chi connectivity index (χ0n) is 7.13. The molecular formula is C7H13O2PY. The molecule has 1 radical (unpaired) electrons. The Bertz CT molecular complexity index is 141. The van der Waals surface area contributed by atoms with Gasteiger partial charge in [-0.15, -0.1) is 9.24 Å². The summed E-state index contributed by atoms with van der Waals surface area (Å²) in [6.07, 6.45) is 0. The van der Waals surface area contributed by atoms with Gasteiger partial charge in [-0.2, -0.15) is 0 Å². The van der Waals surface area contributed by atoms with Crippen molar-refractivity contribution in [1.82, 2.24) is 0 Å². The van der Waals surface area contributed by atoms with E-state index < -0.39 is 0 Å². The van der Waals surface area contributed by atoms with Crippen molar-refractivity contribution in [1.29, 1.82) is 0 Å². The molecule has 0 bridgehead atoms. The van der Waals surface area contributed by atoms with Gasteiger partial charge >= 0.3 is 0 Å². The van der Waals surface area contributed by atoms with E-state index in [-0.39, 0.29) is 55.9 Å². The fourth-order valence-corrected chi connectivity index (χ4v) is 0.876. The normalized spacial score (nSPS) is 14.5. The topological polar surface area (TPSA) is 34.1 Å². The SMILES string of the molecule is CC(=O)C(C)C(P)C(C)=O.[Y].